The third-order valence-electron chi connectivity index (χ3n) is 9.62. The minimum absolute atomic E-state index is 0.643. The van der Waals surface area contributed by atoms with Crippen molar-refractivity contribution in [2.24, 2.45) is 0 Å². The molecular formula is C47H31N3. The predicted molar refractivity (Wildman–Crippen MR) is 210 cm³/mol. The van der Waals surface area contributed by atoms with E-state index in [9.17, 15) is 5.26 Å². The summed E-state index contributed by atoms with van der Waals surface area (Å²) in [5.74, 6) is 0. The van der Waals surface area contributed by atoms with Crippen LogP contribution < -0.4 is 10.2 Å². The summed E-state index contributed by atoms with van der Waals surface area (Å²) >= 11 is 0. The lowest BCUT2D eigenvalue weighted by Gasteiger charge is -2.28. The second-order valence-corrected chi connectivity index (χ2v) is 12.6. The van der Waals surface area contributed by atoms with Crippen LogP contribution in [0, 0.1) is 11.3 Å². The zero-order chi connectivity index (χ0) is 33.4. The summed E-state index contributed by atoms with van der Waals surface area (Å²) in [7, 11) is 0. The van der Waals surface area contributed by atoms with Gasteiger partial charge in [0.25, 0.3) is 0 Å². The molecule has 0 aromatic heterocycles. The molecule has 0 unspecified atom stereocenters. The third-order valence-corrected chi connectivity index (χ3v) is 9.62. The Balaban J connectivity index is 1.24. The highest BCUT2D eigenvalue weighted by molar-refractivity contribution is 6.28. The molecule has 0 fully saturated rings. The largest absolute Gasteiger partial charge is 0.355 e. The molecule has 0 aliphatic carbocycles. The lowest BCUT2D eigenvalue weighted by atomic mass is 9.88. The summed E-state index contributed by atoms with van der Waals surface area (Å²) in [4.78, 5) is 2.29. The van der Waals surface area contributed by atoms with Crippen molar-refractivity contribution in [3.8, 4) is 28.3 Å². The van der Waals surface area contributed by atoms with Gasteiger partial charge in [-0.25, -0.2) is 0 Å². The molecular weight excluding hydrogens is 607 g/mol. The predicted octanol–water partition coefficient (Wildman–Crippen LogP) is 13.0. The molecule has 0 radical (unpaired) electrons. The van der Waals surface area contributed by atoms with E-state index < -0.39 is 0 Å². The van der Waals surface area contributed by atoms with Crippen molar-refractivity contribution in [2.75, 3.05) is 10.2 Å². The van der Waals surface area contributed by atoms with E-state index in [0.717, 1.165) is 34.0 Å². The maximum absolute atomic E-state index is 9.48. The first kappa shape index (κ1) is 29.3. The first-order chi connectivity index (χ1) is 24.7. The highest BCUT2D eigenvalue weighted by Crippen LogP contribution is 2.46. The van der Waals surface area contributed by atoms with Gasteiger partial charge >= 0.3 is 0 Å². The van der Waals surface area contributed by atoms with Crippen molar-refractivity contribution in [2.45, 2.75) is 0 Å². The molecule has 0 spiro atoms. The van der Waals surface area contributed by atoms with E-state index >= 15 is 0 Å². The second-order valence-electron chi connectivity index (χ2n) is 12.6. The van der Waals surface area contributed by atoms with Crippen molar-refractivity contribution in [1.29, 1.82) is 5.26 Å². The van der Waals surface area contributed by atoms with Gasteiger partial charge in [0.2, 0.25) is 0 Å². The number of para-hydroxylation sites is 2. The van der Waals surface area contributed by atoms with Gasteiger partial charge < -0.3 is 10.2 Å². The summed E-state index contributed by atoms with van der Waals surface area (Å²) < 4.78 is 0. The SMILES string of the molecule is N#Cc1ccc(N(c2ccccc2)c2ccc3ccc4c(-c5ccc(Nc6ccccc6)c(-c6ccccc6)c5)ccc5ccc2c3c54)cc1. The molecule has 9 rings (SSSR count). The fourth-order valence-electron chi connectivity index (χ4n) is 7.28. The quantitative estimate of drug-likeness (QED) is 0.177. The van der Waals surface area contributed by atoms with Crippen LogP contribution in [0.1, 0.15) is 5.56 Å². The molecule has 0 heterocycles. The summed E-state index contributed by atoms with van der Waals surface area (Å²) in [6, 6.07) is 66.3. The fraction of sp³-hybridized carbons (Fsp3) is 0. The van der Waals surface area contributed by atoms with Crippen LogP contribution in [-0.2, 0) is 0 Å². The summed E-state index contributed by atoms with van der Waals surface area (Å²) in [5.41, 5.74) is 10.6. The molecule has 0 amide bonds. The van der Waals surface area contributed by atoms with Crippen molar-refractivity contribution in [3.63, 3.8) is 0 Å². The Morgan fingerprint density at radius 3 is 1.78 bits per heavy atom. The lowest BCUT2D eigenvalue weighted by molar-refractivity contribution is 1.30. The topological polar surface area (TPSA) is 39.1 Å². The van der Waals surface area contributed by atoms with Crippen LogP contribution in [-0.4, -0.2) is 0 Å². The normalized spacial score (nSPS) is 11.2. The number of anilines is 5. The van der Waals surface area contributed by atoms with E-state index in [4.69, 9.17) is 0 Å². The minimum atomic E-state index is 0.643. The summed E-state index contributed by atoms with van der Waals surface area (Å²) in [6.07, 6.45) is 0. The maximum atomic E-state index is 9.48. The van der Waals surface area contributed by atoms with Gasteiger partial charge in [-0.15, -0.1) is 0 Å². The maximum Gasteiger partial charge on any atom is 0.0991 e. The number of benzene rings is 9. The molecule has 234 valence electrons. The molecule has 0 aliphatic rings. The molecule has 0 bridgehead atoms. The molecule has 0 aliphatic heterocycles. The Morgan fingerprint density at radius 2 is 1.06 bits per heavy atom. The van der Waals surface area contributed by atoms with E-state index in [-0.39, 0.29) is 0 Å². The Labute approximate surface area is 291 Å². The minimum Gasteiger partial charge on any atom is -0.355 e. The number of hydrogen-bond acceptors (Lipinski definition) is 3. The number of rotatable bonds is 7. The summed E-state index contributed by atoms with van der Waals surface area (Å²) in [6.45, 7) is 0. The Hall–Kier alpha value is -6.89. The second kappa shape index (κ2) is 12.3. The van der Waals surface area contributed by atoms with E-state index in [0.29, 0.717) is 5.56 Å². The van der Waals surface area contributed by atoms with Crippen LogP contribution in [0.15, 0.2) is 182 Å². The molecule has 3 heteroatoms. The highest BCUT2D eigenvalue weighted by Gasteiger charge is 2.20. The van der Waals surface area contributed by atoms with E-state index in [1.54, 1.807) is 0 Å². The van der Waals surface area contributed by atoms with E-state index in [2.05, 4.69) is 162 Å². The van der Waals surface area contributed by atoms with E-state index in [1.807, 2.05) is 36.4 Å². The Morgan fingerprint density at radius 1 is 0.460 bits per heavy atom. The standard InChI is InChI=1S/C47H31N3/c48-31-32-16-23-39(24-17-32)50(38-14-8-3-9-15-38)45-29-22-35-19-26-41-40(25-18-34-20-27-42(45)47(35)46(34)41)36-21-28-44(49-37-12-6-2-7-13-37)43(30-36)33-10-4-1-5-11-33/h1-30,49H. The number of hydrogen-bond donors (Lipinski definition) is 1. The smallest absolute Gasteiger partial charge is 0.0991 e. The Kier molecular flexibility index (Phi) is 7.19. The zero-order valence-electron chi connectivity index (χ0n) is 27.2. The fourth-order valence-corrected chi connectivity index (χ4v) is 7.28. The summed E-state index contributed by atoms with van der Waals surface area (Å²) in [5, 5.41) is 20.5. The first-order valence-corrected chi connectivity index (χ1v) is 16.8. The molecule has 50 heavy (non-hydrogen) atoms. The molecule has 9 aromatic carbocycles. The molecule has 3 nitrogen and oxygen atoms in total. The number of nitrogens with one attached hydrogen (secondary N) is 1. The lowest BCUT2D eigenvalue weighted by Crippen LogP contribution is -2.10. The van der Waals surface area contributed by atoms with Crippen molar-refractivity contribution in [3.05, 3.63) is 188 Å². The molecule has 0 saturated heterocycles. The van der Waals surface area contributed by atoms with Gasteiger partial charge in [-0.05, 0) is 110 Å². The zero-order valence-corrected chi connectivity index (χ0v) is 27.2. The average molecular weight is 638 g/mol. The van der Waals surface area contributed by atoms with E-state index in [1.165, 1.54) is 49.0 Å². The molecule has 0 saturated carbocycles. The van der Waals surface area contributed by atoms with Crippen molar-refractivity contribution in [1.82, 2.24) is 0 Å². The van der Waals surface area contributed by atoms with Gasteiger partial charge in [0.1, 0.15) is 0 Å². The van der Waals surface area contributed by atoms with Gasteiger partial charge in [-0.3, -0.25) is 0 Å². The van der Waals surface area contributed by atoms with Crippen LogP contribution in [0.5, 0.6) is 0 Å². The van der Waals surface area contributed by atoms with Crippen molar-refractivity contribution >= 4 is 60.8 Å². The first-order valence-electron chi connectivity index (χ1n) is 16.8. The number of nitriles is 1. The average Bonchev–Trinajstić information content (AvgIpc) is 3.19. The van der Waals surface area contributed by atoms with Gasteiger partial charge in [0.15, 0.2) is 0 Å². The van der Waals surface area contributed by atoms with Crippen LogP contribution in [0.25, 0.3) is 54.6 Å². The third kappa shape index (κ3) is 5.08. The molecule has 1 N–H and O–H groups in total. The van der Waals surface area contributed by atoms with Crippen molar-refractivity contribution < 1.29 is 0 Å². The molecule has 9 aromatic rings. The molecule has 0 atom stereocenters. The van der Waals surface area contributed by atoms with Crippen LogP contribution in [0.3, 0.4) is 0 Å². The van der Waals surface area contributed by atoms with Crippen LogP contribution >= 0.6 is 0 Å². The Bertz CT molecular complexity index is 2660. The van der Waals surface area contributed by atoms with Gasteiger partial charge in [-0.2, -0.15) is 5.26 Å². The van der Waals surface area contributed by atoms with Crippen LogP contribution in [0.4, 0.5) is 28.4 Å². The highest BCUT2D eigenvalue weighted by atomic mass is 15.1. The van der Waals surface area contributed by atoms with Gasteiger partial charge in [-0.1, -0.05) is 115 Å². The number of nitrogens with zero attached hydrogens (tertiary/aromatic N) is 2. The van der Waals surface area contributed by atoms with Gasteiger partial charge in [0.05, 0.1) is 17.3 Å². The monoisotopic (exact) mass is 637 g/mol. The van der Waals surface area contributed by atoms with Crippen LogP contribution in [0.2, 0.25) is 0 Å². The van der Waals surface area contributed by atoms with Gasteiger partial charge in [0, 0.05) is 33.7 Å².